The SMILES string of the molecule is CC1CCCC(O)(CCC2CC2)C1C. The molecule has 2 aliphatic rings. The normalized spacial score (nSPS) is 43.9. The minimum absolute atomic E-state index is 0.319. The molecule has 0 saturated heterocycles. The number of aliphatic hydroxyl groups is 1. The molecule has 14 heavy (non-hydrogen) atoms. The molecule has 0 bridgehead atoms. The van der Waals surface area contributed by atoms with Gasteiger partial charge in [-0.3, -0.25) is 0 Å². The van der Waals surface area contributed by atoms with Crippen molar-refractivity contribution in [2.45, 2.75) is 64.4 Å². The standard InChI is InChI=1S/C13H24O/c1-10-4-3-8-13(14,11(10)2)9-7-12-5-6-12/h10-12,14H,3-9H2,1-2H3. The minimum atomic E-state index is -0.319. The highest BCUT2D eigenvalue weighted by Crippen LogP contribution is 2.43. The van der Waals surface area contributed by atoms with E-state index >= 15 is 0 Å². The third-order valence-electron chi connectivity index (χ3n) is 4.65. The molecule has 0 amide bonds. The first-order valence-electron chi connectivity index (χ1n) is 6.34. The zero-order chi connectivity index (χ0) is 10.2. The molecule has 0 aromatic carbocycles. The van der Waals surface area contributed by atoms with Crippen LogP contribution in [-0.4, -0.2) is 10.7 Å². The van der Waals surface area contributed by atoms with Gasteiger partial charge in [-0.25, -0.2) is 0 Å². The van der Waals surface area contributed by atoms with Crippen molar-refractivity contribution in [2.75, 3.05) is 0 Å². The van der Waals surface area contributed by atoms with Crippen molar-refractivity contribution in [3.63, 3.8) is 0 Å². The van der Waals surface area contributed by atoms with Crippen LogP contribution in [0.2, 0.25) is 0 Å². The lowest BCUT2D eigenvalue weighted by Gasteiger charge is -2.42. The van der Waals surface area contributed by atoms with Crippen molar-refractivity contribution in [3.05, 3.63) is 0 Å². The predicted molar refractivity (Wildman–Crippen MR) is 59.1 cm³/mol. The number of hydrogen-bond donors (Lipinski definition) is 1. The highest BCUT2D eigenvalue weighted by Gasteiger charge is 2.40. The average molecular weight is 196 g/mol. The molecule has 0 aromatic heterocycles. The molecule has 1 nitrogen and oxygen atoms in total. The molecule has 0 aromatic rings. The summed E-state index contributed by atoms with van der Waals surface area (Å²) in [6, 6.07) is 0. The molecule has 1 N–H and O–H groups in total. The predicted octanol–water partition coefficient (Wildman–Crippen LogP) is 3.36. The van der Waals surface area contributed by atoms with Crippen molar-refractivity contribution in [2.24, 2.45) is 17.8 Å². The molecule has 2 fully saturated rings. The van der Waals surface area contributed by atoms with Gasteiger partial charge in [0, 0.05) is 0 Å². The van der Waals surface area contributed by atoms with E-state index in [1.807, 2.05) is 0 Å². The van der Waals surface area contributed by atoms with E-state index in [0.29, 0.717) is 11.8 Å². The zero-order valence-electron chi connectivity index (χ0n) is 9.63. The maximum atomic E-state index is 10.6. The summed E-state index contributed by atoms with van der Waals surface area (Å²) in [7, 11) is 0. The first-order chi connectivity index (χ1) is 6.62. The fraction of sp³-hybridized carbons (Fsp3) is 1.00. The molecule has 1 heteroatoms. The molecule has 0 heterocycles. The molecule has 0 aliphatic heterocycles. The van der Waals surface area contributed by atoms with Gasteiger partial charge in [-0.15, -0.1) is 0 Å². The Kier molecular flexibility index (Phi) is 2.88. The van der Waals surface area contributed by atoms with E-state index in [1.54, 1.807) is 0 Å². The Morgan fingerprint density at radius 1 is 1.21 bits per heavy atom. The van der Waals surface area contributed by atoms with E-state index in [-0.39, 0.29) is 5.60 Å². The van der Waals surface area contributed by atoms with Crippen molar-refractivity contribution in [3.8, 4) is 0 Å². The lowest BCUT2D eigenvalue weighted by molar-refractivity contribution is -0.0708. The van der Waals surface area contributed by atoms with E-state index < -0.39 is 0 Å². The van der Waals surface area contributed by atoms with Gasteiger partial charge in [-0.1, -0.05) is 39.5 Å². The van der Waals surface area contributed by atoms with Crippen LogP contribution >= 0.6 is 0 Å². The summed E-state index contributed by atoms with van der Waals surface area (Å²) in [5, 5.41) is 10.6. The largest absolute Gasteiger partial charge is 0.390 e. The summed E-state index contributed by atoms with van der Waals surface area (Å²) < 4.78 is 0. The molecular formula is C13H24O. The number of hydrogen-bond acceptors (Lipinski definition) is 1. The summed E-state index contributed by atoms with van der Waals surface area (Å²) in [5.41, 5.74) is -0.319. The van der Waals surface area contributed by atoms with Crippen LogP contribution in [-0.2, 0) is 0 Å². The van der Waals surface area contributed by atoms with Gasteiger partial charge in [0.2, 0.25) is 0 Å². The van der Waals surface area contributed by atoms with Gasteiger partial charge < -0.3 is 5.11 Å². The summed E-state index contributed by atoms with van der Waals surface area (Å²) in [5.74, 6) is 2.19. The van der Waals surface area contributed by atoms with Gasteiger partial charge in [-0.2, -0.15) is 0 Å². The Hall–Kier alpha value is -0.0400. The first-order valence-corrected chi connectivity index (χ1v) is 6.34. The lowest BCUT2D eigenvalue weighted by atomic mass is 9.68. The molecule has 0 radical (unpaired) electrons. The summed E-state index contributed by atoms with van der Waals surface area (Å²) in [4.78, 5) is 0. The zero-order valence-corrected chi connectivity index (χ0v) is 9.63. The molecule has 2 saturated carbocycles. The second kappa shape index (κ2) is 3.84. The van der Waals surface area contributed by atoms with Gasteiger partial charge >= 0.3 is 0 Å². The van der Waals surface area contributed by atoms with Crippen LogP contribution < -0.4 is 0 Å². The first kappa shape index (κ1) is 10.5. The summed E-state index contributed by atoms with van der Waals surface area (Å²) >= 11 is 0. The van der Waals surface area contributed by atoms with Gasteiger partial charge in [0.05, 0.1) is 5.60 Å². The second-order valence-electron chi connectivity index (χ2n) is 5.74. The Labute approximate surface area is 87.9 Å². The van der Waals surface area contributed by atoms with Crippen molar-refractivity contribution < 1.29 is 5.11 Å². The van der Waals surface area contributed by atoms with E-state index in [4.69, 9.17) is 0 Å². The van der Waals surface area contributed by atoms with Crippen LogP contribution in [0.25, 0.3) is 0 Å². The van der Waals surface area contributed by atoms with Gasteiger partial charge in [0.15, 0.2) is 0 Å². The topological polar surface area (TPSA) is 20.2 Å². The van der Waals surface area contributed by atoms with E-state index in [9.17, 15) is 5.11 Å². The Bertz CT molecular complexity index is 197. The fourth-order valence-electron chi connectivity index (χ4n) is 2.95. The highest BCUT2D eigenvalue weighted by molar-refractivity contribution is 4.92. The Morgan fingerprint density at radius 3 is 2.57 bits per heavy atom. The van der Waals surface area contributed by atoms with Crippen molar-refractivity contribution >= 4 is 0 Å². The third kappa shape index (κ3) is 2.13. The van der Waals surface area contributed by atoms with Crippen molar-refractivity contribution in [1.82, 2.24) is 0 Å². The maximum Gasteiger partial charge on any atom is 0.0675 e. The quantitative estimate of drug-likeness (QED) is 0.734. The number of rotatable bonds is 3. The monoisotopic (exact) mass is 196 g/mol. The van der Waals surface area contributed by atoms with Gasteiger partial charge in [-0.05, 0) is 37.0 Å². The van der Waals surface area contributed by atoms with Crippen LogP contribution in [0.3, 0.4) is 0 Å². The van der Waals surface area contributed by atoms with Gasteiger partial charge in [0.1, 0.15) is 0 Å². The molecule has 2 rings (SSSR count). The smallest absolute Gasteiger partial charge is 0.0675 e. The molecule has 3 unspecified atom stereocenters. The molecule has 3 atom stereocenters. The van der Waals surface area contributed by atoms with Crippen molar-refractivity contribution in [1.29, 1.82) is 0 Å². The van der Waals surface area contributed by atoms with Gasteiger partial charge in [0.25, 0.3) is 0 Å². The lowest BCUT2D eigenvalue weighted by Crippen LogP contribution is -2.43. The second-order valence-corrected chi connectivity index (χ2v) is 5.74. The van der Waals surface area contributed by atoms with Crippen LogP contribution in [0.5, 0.6) is 0 Å². The highest BCUT2D eigenvalue weighted by atomic mass is 16.3. The third-order valence-corrected chi connectivity index (χ3v) is 4.65. The summed E-state index contributed by atoms with van der Waals surface area (Å²) in [6.07, 6.45) is 8.75. The molecule has 0 spiro atoms. The van der Waals surface area contributed by atoms with E-state index in [1.165, 1.54) is 32.1 Å². The summed E-state index contributed by atoms with van der Waals surface area (Å²) in [6.45, 7) is 4.54. The fourth-order valence-corrected chi connectivity index (χ4v) is 2.95. The van der Waals surface area contributed by atoms with Crippen LogP contribution in [0.4, 0.5) is 0 Å². The molecule has 2 aliphatic carbocycles. The van der Waals surface area contributed by atoms with E-state index in [2.05, 4.69) is 13.8 Å². The Balaban J connectivity index is 1.89. The average Bonchev–Trinajstić information content (AvgIpc) is 2.95. The van der Waals surface area contributed by atoms with Crippen LogP contribution in [0.1, 0.15) is 58.8 Å². The Morgan fingerprint density at radius 2 is 1.93 bits per heavy atom. The van der Waals surface area contributed by atoms with Crippen LogP contribution in [0.15, 0.2) is 0 Å². The molecule has 82 valence electrons. The van der Waals surface area contributed by atoms with Crippen LogP contribution in [0, 0.1) is 17.8 Å². The molecular weight excluding hydrogens is 172 g/mol. The minimum Gasteiger partial charge on any atom is -0.390 e. The maximum absolute atomic E-state index is 10.6. The van der Waals surface area contributed by atoms with E-state index in [0.717, 1.165) is 18.8 Å².